The first-order chi connectivity index (χ1) is 12.1. The molecule has 0 saturated heterocycles. The maximum Gasteiger partial charge on any atom is 0.269 e. The minimum atomic E-state index is -0.474. The van der Waals surface area contributed by atoms with Crippen LogP contribution in [-0.4, -0.2) is 43.7 Å². The highest BCUT2D eigenvalue weighted by Gasteiger charge is 2.24. The van der Waals surface area contributed by atoms with Crippen molar-refractivity contribution in [2.75, 3.05) is 13.6 Å². The summed E-state index contributed by atoms with van der Waals surface area (Å²) in [5.74, 6) is 0.324. The first-order valence-electron chi connectivity index (χ1n) is 8.31. The van der Waals surface area contributed by atoms with Gasteiger partial charge in [0.1, 0.15) is 5.82 Å². The van der Waals surface area contributed by atoms with Gasteiger partial charge in [0.25, 0.3) is 5.91 Å². The van der Waals surface area contributed by atoms with Crippen molar-refractivity contribution in [1.29, 1.82) is 0 Å². The molecule has 0 spiro atoms. The zero-order valence-electron chi connectivity index (χ0n) is 14.1. The average Bonchev–Trinajstić information content (AvgIpc) is 3.20. The average molecular weight is 336 g/mol. The van der Waals surface area contributed by atoms with Gasteiger partial charge in [-0.05, 0) is 50.3 Å². The van der Waals surface area contributed by atoms with Gasteiger partial charge < -0.3 is 15.2 Å². The number of benzene rings is 1. The van der Waals surface area contributed by atoms with Crippen LogP contribution in [0.1, 0.15) is 22.6 Å². The Bertz CT molecular complexity index is 895. The number of hydrogen-bond acceptors (Lipinski definition) is 4. The van der Waals surface area contributed by atoms with Gasteiger partial charge in [-0.1, -0.05) is 0 Å². The molecule has 128 valence electrons. The summed E-state index contributed by atoms with van der Waals surface area (Å²) in [5, 5.41) is 4.24. The predicted octanol–water partition coefficient (Wildman–Crippen LogP) is 1.67. The maximum atomic E-state index is 11.9. The summed E-state index contributed by atoms with van der Waals surface area (Å²) in [6.07, 6.45) is 4.66. The summed E-state index contributed by atoms with van der Waals surface area (Å²) in [6.45, 7) is 2.49. The maximum absolute atomic E-state index is 11.9. The Morgan fingerprint density at radius 3 is 2.68 bits per heavy atom. The van der Waals surface area contributed by atoms with Gasteiger partial charge in [0.15, 0.2) is 5.69 Å². The molecule has 1 aliphatic heterocycles. The molecule has 3 aromatic rings. The van der Waals surface area contributed by atoms with E-state index in [4.69, 9.17) is 5.73 Å². The number of primary amides is 1. The smallest absolute Gasteiger partial charge is 0.269 e. The lowest BCUT2D eigenvalue weighted by Gasteiger charge is -2.12. The van der Waals surface area contributed by atoms with Gasteiger partial charge in [0.2, 0.25) is 0 Å². The first-order valence-corrected chi connectivity index (χ1v) is 8.31. The SMILES string of the molecule is CN1CCCn2c(-c3ccc(-n4cccn4)cc3)nc(C(N)=O)c2C1. The zero-order chi connectivity index (χ0) is 17.4. The number of aromatic nitrogens is 4. The van der Waals surface area contributed by atoms with E-state index in [1.165, 1.54) is 0 Å². The summed E-state index contributed by atoms with van der Waals surface area (Å²) in [7, 11) is 2.05. The Labute approximate surface area is 145 Å². The van der Waals surface area contributed by atoms with Crippen molar-refractivity contribution in [1.82, 2.24) is 24.2 Å². The van der Waals surface area contributed by atoms with Gasteiger partial charge >= 0.3 is 0 Å². The minimum absolute atomic E-state index is 0.375. The van der Waals surface area contributed by atoms with E-state index in [0.29, 0.717) is 12.2 Å². The van der Waals surface area contributed by atoms with Gasteiger partial charge in [-0.2, -0.15) is 5.10 Å². The minimum Gasteiger partial charge on any atom is -0.364 e. The molecule has 0 bridgehead atoms. The molecule has 0 fully saturated rings. The molecule has 7 nitrogen and oxygen atoms in total. The molecule has 1 aromatic carbocycles. The van der Waals surface area contributed by atoms with E-state index in [1.807, 2.05) is 43.6 Å². The molecular formula is C18H20N6O. The van der Waals surface area contributed by atoms with Gasteiger partial charge in [0.05, 0.1) is 11.4 Å². The second-order valence-corrected chi connectivity index (χ2v) is 6.34. The molecule has 0 radical (unpaired) electrons. The fraction of sp³-hybridized carbons (Fsp3) is 0.278. The Morgan fingerprint density at radius 2 is 2.00 bits per heavy atom. The van der Waals surface area contributed by atoms with Crippen LogP contribution in [0.15, 0.2) is 42.7 Å². The van der Waals surface area contributed by atoms with Crippen molar-refractivity contribution in [2.24, 2.45) is 5.73 Å². The number of hydrogen-bond donors (Lipinski definition) is 1. The number of carbonyl (C=O) groups excluding carboxylic acids is 1. The van der Waals surface area contributed by atoms with Crippen molar-refractivity contribution >= 4 is 5.91 Å². The summed E-state index contributed by atoms with van der Waals surface area (Å²) in [4.78, 5) is 18.6. The molecule has 0 saturated carbocycles. The topological polar surface area (TPSA) is 82.0 Å². The number of imidazole rings is 1. The second kappa shape index (κ2) is 6.18. The van der Waals surface area contributed by atoms with E-state index in [1.54, 1.807) is 10.9 Å². The summed E-state index contributed by atoms with van der Waals surface area (Å²) >= 11 is 0. The van der Waals surface area contributed by atoms with E-state index < -0.39 is 5.91 Å². The molecule has 25 heavy (non-hydrogen) atoms. The first kappa shape index (κ1) is 15.6. The fourth-order valence-electron chi connectivity index (χ4n) is 3.32. The van der Waals surface area contributed by atoms with Crippen LogP contribution in [0.25, 0.3) is 17.1 Å². The van der Waals surface area contributed by atoms with Gasteiger partial charge in [-0.15, -0.1) is 0 Å². The van der Waals surface area contributed by atoms with Crippen LogP contribution >= 0.6 is 0 Å². The van der Waals surface area contributed by atoms with Crippen molar-refractivity contribution in [2.45, 2.75) is 19.5 Å². The van der Waals surface area contributed by atoms with Crippen LogP contribution in [0.5, 0.6) is 0 Å². The zero-order valence-corrected chi connectivity index (χ0v) is 14.1. The molecule has 0 aliphatic carbocycles. The summed E-state index contributed by atoms with van der Waals surface area (Å²) in [6, 6.07) is 9.89. The molecule has 4 rings (SSSR count). The summed E-state index contributed by atoms with van der Waals surface area (Å²) < 4.78 is 3.94. The van der Waals surface area contributed by atoms with Crippen molar-refractivity contribution in [3.8, 4) is 17.1 Å². The normalized spacial score (nSPS) is 14.9. The number of fused-ring (bicyclic) bond motifs is 1. The third kappa shape index (κ3) is 2.83. The van der Waals surface area contributed by atoms with Crippen molar-refractivity contribution in [3.05, 3.63) is 54.1 Å². The van der Waals surface area contributed by atoms with Crippen LogP contribution in [0.3, 0.4) is 0 Å². The number of amides is 1. The Morgan fingerprint density at radius 1 is 1.20 bits per heavy atom. The van der Waals surface area contributed by atoms with Gasteiger partial charge in [0, 0.05) is 31.0 Å². The fourth-order valence-corrected chi connectivity index (χ4v) is 3.32. The lowest BCUT2D eigenvalue weighted by atomic mass is 10.2. The molecule has 1 amide bonds. The van der Waals surface area contributed by atoms with Gasteiger partial charge in [-0.3, -0.25) is 4.79 Å². The van der Waals surface area contributed by atoms with E-state index in [9.17, 15) is 4.79 Å². The summed E-state index contributed by atoms with van der Waals surface area (Å²) in [5.41, 5.74) is 8.79. The Kier molecular flexibility index (Phi) is 3.85. The lowest BCUT2D eigenvalue weighted by molar-refractivity contribution is 0.0994. The molecular weight excluding hydrogens is 316 g/mol. The van der Waals surface area contributed by atoms with E-state index in [-0.39, 0.29) is 0 Å². The second-order valence-electron chi connectivity index (χ2n) is 6.34. The number of carbonyl (C=O) groups is 1. The molecule has 7 heteroatoms. The third-order valence-corrected chi connectivity index (χ3v) is 4.54. The molecule has 0 unspecified atom stereocenters. The number of rotatable bonds is 3. The molecule has 2 aromatic heterocycles. The highest BCUT2D eigenvalue weighted by Crippen LogP contribution is 2.26. The lowest BCUT2D eigenvalue weighted by Crippen LogP contribution is -2.21. The Balaban J connectivity index is 1.77. The van der Waals surface area contributed by atoms with Crippen LogP contribution in [0.4, 0.5) is 0 Å². The standard InChI is InChI=1S/C18H20N6O/c1-22-9-3-10-23-15(12-22)16(17(19)25)21-18(23)13-4-6-14(7-5-13)24-11-2-8-20-24/h2,4-8,11H,3,9-10,12H2,1H3,(H2,19,25). The quantitative estimate of drug-likeness (QED) is 0.789. The van der Waals surface area contributed by atoms with E-state index in [0.717, 1.165) is 42.3 Å². The molecule has 1 aliphatic rings. The highest BCUT2D eigenvalue weighted by molar-refractivity contribution is 5.93. The van der Waals surface area contributed by atoms with Gasteiger partial charge in [-0.25, -0.2) is 9.67 Å². The molecule has 3 heterocycles. The Hall–Kier alpha value is -2.93. The monoisotopic (exact) mass is 336 g/mol. The van der Waals surface area contributed by atoms with Crippen LogP contribution in [0, 0.1) is 0 Å². The van der Waals surface area contributed by atoms with Crippen LogP contribution in [0.2, 0.25) is 0 Å². The molecule has 0 atom stereocenters. The van der Waals surface area contributed by atoms with Crippen LogP contribution in [-0.2, 0) is 13.1 Å². The highest BCUT2D eigenvalue weighted by atomic mass is 16.1. The third-order valence-electron chi connectivity index (χ3n) is 4.54. The number of nitrogens with zero attached hydrogens (tertiary/aromatic N) is 5. The van der Waals surface area contributed by atoms with Crippen molar-refractivity contribution in [3.63, 3.8) is 0 Å². The largest absolute Gasteiger partial charge is 0.364 e. The van der Waals surface area contributed by atoms with Crippen LogP contribution < -0.4 is 5.73 Å². The van der Waals surface area contributed by atoms with E-state index in [2.05, 4.69) is 19.5 Å². The van der Waals surface area contributed by atoms with Crippen molar-refractivity contribution < 1.29 is 4.79 Å². The van der Waals surface area contributed by atoms with E-state index >= 15 is 0 Å². The predicted molar refractivity (Wildman–Crippen MR) is 94.3 cm³/mol. The molecule has 2 N–H and O–H groups in total. The number of nitrogens with two attached hydrogens (primary N) is 1.